The first-order chi connectivity index (χ1) is 13.0. The van der Waals surface area contributed by atoms with Crippen LogP contribution in [0.3, 0.4) is 0 Å². The van der Waals surface area contributed by atoms with Crippen LogP contribution in [0.25, 0.3) is 0 Å². The highest BCUT2D eigenvalue weighted by Gasteiger charge is 2.47. The van der Waals surface area contributed by atoms with E-state index in [0.717, 1.165) is 12.8 Å². The van der Waals surface area contributed by atoms with Gasteiger partial charge in [-0.25, -0.2) is 0 Å². The molecule has 168 valence electrons. The van der Waals surface area contributed by atoms with E-state index in [1.165, 1.54) is 5.06 Å². The quantitative estimate of drug-likeness (QED) is 0.559. The SMILES string of the molecule is CN1C(C)(C)CC(OC(=O)CC(=O)OC2CC(C)(C)N(O)C(C)(C)C2)CC1(C)C. The minimum absolute atomic E-state index is 0.0946. The van der Waals surface area contributed by atoms with Gasteiger partial charge in [0.15, 0.2) is 0 Å². The second-order valence-corrected chi connectivity index (χ2v) is 11.3. The van der Waals surface area contributed by atoms with Crippen molar-refractivity contribution in [2.24, 2.45) is 0 Å². The minimum Gasteiger partial charge on any atom is -0.462 e. The number of hydroxylamine groups is 2. The van der Waals surface area contributed by atoms with Gasteiger partial charge >= 0.3 is 11.9 Å². The molecule has 0 radical (unpaired) electrons. The highest BCUT2D eigenvalue weighted by molar-refractivity contribution is 5.91. The van der Waals surface area contributed by atoms with Crippen molar-refractivity contribution in [1.82, 2.24) is 9.96 Å². The zero-order chi connectivity index (χ0) is 22.4. The lowest BCUT2D eigenvalue weighted by atomic mass is 9.79. The van der Waals surface area contributed by atoms with Gasteiger partial charge in [0.2, 0.25) is 0 Å². The second-order valence-electron chi connectivity index (χ2n) is 11.3. The molecule has 0 unspecified atom stereocenters. The summed E-state index contributed by atoms with van der Waals surface area (Å²) in [6.07, 6.45) is 1.52. The Morgan fingerprint density at radius 1 is 0.759 bits per heavy atom. The van der Waals surface area contributed by atoms with Crippen molar-refractivity contribution in [2.75, 3.05) is 7.05 Å². The summed E-state index contributed by atoms with van der Waals surface area (Å²) < 4.78 is 11.2. The number of rotatable bonds is 4. The van der Waals surface area contributed by atoms with Crippen molar-refractivity contribution in [1.29, 1.82) is 0 Å². The molecule has 0 spiro atoms. The normalized spacial score (nSPS) is 27.4. The molecule has 0 saturated carbocycles. The molecule has 0 bridgehead atoms. The van der Waals surface area contributed by atoms with Crippen molar-refractivity contribution in [3.63, 3.8) is 0 Å². The molecular weight excluding hydrogens is 372 g/mol. The van der Waals surface area contributed by atoms with Crippen LogP contribution in [-0.2, 0) is 19.1 Å². The van der Waals surface area contributed by atoms with Gasteiger partial charge in [0, 0.05) is 47.8 Å². The molecule has 0 aromatic heterocycles. The van der Waals surface area contributed by atoms with Crippen LogP contribution in [0.5, 0.6) is 0 Å². The van der Waals surface area contributed by atoms with E-state index in [-0.39, 0.29) is 29.7 Å². The minimum atomic E-state index is -0.565. The summed E-state index contributed by atoms with van der Waals surface area (Å²) >= 11 is 0. The van der Waals surface area contributed by atoms with E-state index in [1.54, 1.807) is 0 Å². The van der Waals surface area contributed by atoms with Crippen molar-refractivity contribution in [3.8, 4) is 0 Å². The number of nitrogens with zero attached hydrogens (tertiary/aromatic N) is 2. The van der Waals surface area contributed by atoms with Crippen molar-refractivity contribution in [3.05, 3.63) is 0 Å². The average molecular weight is 413 g/mol. The molecule has 29 heavy (non-hydrogen) atoms. The van der Waals surface area contributed by atoms with Crippen LogP contribution < -0.4 is 0 Å². The Bertz CT molecular complexity index is 551. The van der Waals surface area contributed by atoms with Gasteiger partial charge in [-0.05, 0) is 62.4 Å². The summed E-state index contributed by atoms with van der Waals surface area (Å²) in [4.78, 5) is 27.1. The molecule has 2 heterocycles. The first-order valence-corrected chi connectivity index (χ1v) is 10.6. The average Bonchev–Trinajstić information content (AvgIpc) is 2.48. The lowest BCUT2D eigenvalue weighted by Gasteiger charge is -2.53. The van der Waals surface area contributed by atoms with Crippen molar-refractivity contribution < 1.29 is 24.3 Å². The third-order valence-corrected chi connectivity index (χ3v) is 6.76. The summed E-state index contributed by atoms with van der Waals surface area (Å²) in [5.41, 5.74) is -1.22. The molecule has 0 atom stereocenters. The van der Waals surface area contributed by atoms with Crippen LogP contribution in [-0.4, -0.2) is 68.5 Å². The number of hydrogen-bond donors (Lipinski definition) is 1. The third-order valence-electron chi connectivity index (χ3n) is 6.76. The van der Waals surface area contributed by atoms with Gasteiger partial charge in [-0.2, -0.15) is 5.06 Å². The van der Waals surface area contributed by atoms with Crippen LogP contribution in [0.15, 0.2) is 0 Å². The molecule has 2 rings (SSSR count). The van der Waals surface area contributed by atoms with Gasteiger partial charge in [-0.3, -0.25) is 14.5 Å². The monoisotopic (exact) mass is 412 g/mol. The van der Waals surface area contributed by atoms with Gasteiger partial charge in [-0.15, -0.1) is 0 Å². The molecule has 2 saturated heterocycles. The molecule has 1 N–H and O–H groups in total. The summed E-state index contributed by atoms with van der Waals surface area (Å²) in [5.74, 6) is -1.10. The lowest BCUT2D eigenvalue weighted by molar-refractivity contribution is -0.259. The van der Waals surface area contributed by atoms with Crippen molar-refractivity contribution in [2.45, 2.75) is 122 Å². The van der Waals surface area contributed by atoms with E-state index in [0.29, 0.717) is 12.8 Å². The predicted octanol–water partition coefficient (Wildman–Crippen LogP) is 3.53. The Kier molecular flexibility index (Phi) is 6.50. The summed E-state index contributed by atoms with van der Waals surface area (Å²) in [7, 11) is 2.09. The number of likely N-dealkylation sites (tertiary alicyclic amines) is 1. The molecule has 0 aromatic carbocycles. The zero-order valence-corrected chi connectivity index (χ0v) is 19.7. The molecule has 7 nitrogen and oxygen atoms in total. The summed E-state index contributed by atoms with van der Waals surface area (Å²) in [5, 5.41) is 11.7. The predicted molar refractivity (Wildman–Crippen MR) is 111 cm³/mol. The van der Waals surface area contributed by atoms with E-state index < -0.39 is 23.0 Å². The molecule has 0 aromatic rings. The molecule has 2 aliphatic heterocycles. The standard InChI is InChI=1S/C22H40N2O5/c1-19(2)11-15(12-20(3,4)23(19)9)28-17(25)10-18(26)29-16-13-21(5,6)24(27)22(7,8)14-16/h15-16,27H,10-14H2,1-9H3. The Balaban J connectivity index is 1.91. The molecule has 0 amide bonds. The van der Waals surface area contributed by atoms with Crippen LogP contribution >= 0.6 is 0 Å². The summed E-state index contributed by atoms with van der Waals surface area (Å²) in [6, 6.07) is 0. The van der Waals surface area contributed by atoms with E-state index >= 15 is 0 Å². The van der Waals surface area contributed by atoms with E-state index in [9.17, 15) is 14.8 Å². The van der Waals surface area contributed by atoms with Crippen LogP contribution in [0.4, 0.5) is 0 Å². The smallest absolute Gasteiger partial charge is 0.317 e. The summed E-state index contributed by atoms with van der Waals surface area (Å²) in [6.45, 7) is 16.2. The topological polar surface area (TPSA) is 79.3 Å². The van der Waals surface area contributed by atoms with E-state index in [4.69, 9.17) is 9.47 Å². The van der Waals surface area contributed by atoms with Crippen LogP contribution in [0, 0.1) is 0 Å². The largest absolute Gasteiger partial charge is 0.462 e. The first-order valence-electron chi connectivity index (χ1n) is 10.6. The highest BCUT2D eigenvalue weighted by atomic mass is 16.6. The molecule has 2 aliphatic rings. The zero-order valence-electron chi connectivity index (χ0n) is 19.7. The number of piperidine rings is 2. The number of carbonyl (C=O) groups excluding carboxylic acids is 2. The highest BCUT2D eigenvalue weighted by Crippen LogP contribution is 2.39. The Hall–Kier alpha value is -1.18. The molecule has 2 fully saturated rings. The van der Waals surface area contributed by atoms with E-state index in [1.807, 2.05) is 27.7 Å². The van der Waals surface area contributed by atoms with Gasteiger partial charge in [-0.1, -0.05) is 0 Å². The number of carbonyl (C=O) groups is 2. The molecular formula is C22H40N2O5. The lowest BCUT2D eigenvalue weighted by Crippen LogP contribution is -2.60. The Morgan fingerprint density at radius 2 is 1.07 bits per heavy atom. The third kappa shape index (κ3) is 5.50. The fourth-order valence-corrected chi connectivity index (χ4v) is 5.20. The van der Waals surface area contributed by atoms with Gasteiger partial charge < -0.3 is 14.7 Å². The van der Waals surface area contributed by atoms with Gasteiger partial charge in [0.25, 0.3) is 0 Å². The van der Waals surface area contributed by atoms with Crippen molar-refractivity contribution >= 4 is 11.9 Å². The van der Waals surface area contributed by atoms with Gasteiger partial charge in [0.05, 0.1) is 0 Å². The number of hydrogen-bond acceptors (Lipinski definition) is 7. The Labute approximate surface area is 175 Å². The van der Waals surface area contributed by atoms with Gasteiger partial charge in [0.1, 0.15) is 18.6 Å². The Morgan fingerprint density at radius 3 is 1.41 bits per heavy atom. The number of esters is 2. The maximum absolute atomic E-state index is 12.4. The molecule has 7 heteroatoms. The molecule has 0 aliphatic carbocycles. The maximum atomic E-state index is 12.4. The maximum Gasteiger partial charge on any atom is 0.317 e. The van der Waals surface area contributed by atoms with Crippen LogP contribution in [0.2, 0.25) is 0 Å². The fourth-order valence-electron chi connectivity index (χ4n) is 5.20. The van der Waals surface area contributed by atoms with Crippen LogP contribution in [0.1, 0.15) is 87.5 Å². The fraction of sp³-hybridized carbons (Fsp3) is 0.909. The first kappa shape index (κ1) is 24.1. The number of ether oxygens (including phenoxy) is 2. The second kappa shape index (κ2) is 7.82. The van der Waals surface area contributed by atoms with E-state index in [2.05, 4.69) is 39.6 Å².